The van der Waals surface area contributed by atoms with Crippen LogP contribution in [0.5, 0.6) is 0 Å². The van der Waals surface area contributed by atoms with Crippen molar-refractivity contribution in [3.8, 4) is 0 Å². The average Bonchev–Trinajstić information content (AvgIpc) is 2.52. The van der Waals surface area contributed by atoms with E-state index in [0.717, 1.165) is 6.42 Å². The van der Waals surface area contributed by atoms with E-state index in [2.05, 4.69) is 17.1 Å². The minimum absolute atomic E-state index is 0. The molecule has 120 valence electrons. The molecule has 0 aliphatic carbocycles. The zero-order chi connectivity index (χ0) is 14.2. The number of nitrogens with two attached hydrogens (primary N) is 1. The molecule has 0 saturated carbocycles. The maximum absolute atomic E-state index is 12.4. The molecule has 6 heteroatoms. The number of nitrogens with zero attached hydrogens (tertiary/aromatic N) is 2. The van der Waals surface area contributed by atoms with E-state index in [4.69, 9.17) is 5.73 Å². The number of amides is 1. The van der Waals surface area contributed by atoms with E-state index in [0.29, 0.717) is 25.2 Å². The molecule has 2 rings (SSSR count). The lowest BCUT2D eigenvalue weighted by Gasteiger charge is -2.22. The normalized spacial score (nSPS) is 9.32. The third-order valence-corrected chi connectivity index (χ3v) is 3.11. The molecule has 1 heterocycles. The van der Waals surface area contributed by atoms with E-state index in [1.54, 1.807) is 29.4 Å². The second-order valence-electron chi connectivity index (χ2n) is 4.56. The van der Waals surface area contributed by atoms with Crippen LogP contribution >= 0.6 is 24.8 Å². The molecule has 0 radical (unpaired) electrons. The van der Waals surface area contributed by atoms with Crippen molar-refractivity contribution < 1.29 is 4.79 Å². The van der Waals surface area contributed by atoms with Crippen molar-refractivity contribution in [2.45, 2.75) is 6.42 Å². The van der Waals surface area contributed by atoms with Crippen LogP contribution in [0.4, 0.5) is 0 Å². The Labute approximate surface area is 143 Å². The number of rotatable bonds is 6. The Bertz CT molecular complexity index is 538. The maximum atomic E-state index is 12.4. The fourth-order valence-corrected chi connectivity index (χ4v) is 2.05. The average molecular weight is 342 g/mol. The van der Waals surface area contributed by atoms with E-state index in [1.807, 2.05) is 18.2 Å². The Hall–Kier alpha value is -1.62. The van der Waals surface area contributed by atoms with Gasteiger partial charge in [0, 0.05) is 32.0 Å². The number of hydrogen-bond donors (Lipinski definition) is 1. The summed E-state index contributed by atoms with van der Waals surface area (Å²) in [4.78, 5) is 18.2. The monoisotopic (exact) mass is 341 g/mol. The van der Waals surface area contributed by atoms with Crippen LogP contribution in [0.2, 0.25) is 0 Å². The number of pyridine rings is 1. The third-order valence-electron chi connectivity index (χ3n) is 3.11. The fourth-order valence-electron chi connectivity index (χ4n) is 2.05. The van der Waals surface area contributed by atoms with E-state index >= 15 is 0 Å². The van der Waals surface area contributed by atoms with Crippen molar-refractivity contribution in [1.29, 1.82) is 0 Å². The van der Waals surface area contributed by atoms with E-state index < -0.39 is 0 Å². The van der Waals surface area contributed by atoms with Gasteiger partial charge in [-0.25, -0.2) is 0 Å². The van der Waals surface area contributed by atoms with Crippen LogP contribution in [0.25, 0.3) is 0 Å². The van der Waals surface area contributed by atoms with Crippen LogP contribution in [-0.4, -0.2) is 35.4 Å². The molecule has 0 saturated heterocycles. The molecular weight excluding hydrogens is 321 g/mol. The van der Waals surface area contributed by atoms with Crippen molar-refractivity contribution in [2.24, 2.45) is 5.73 Å². The Kier molecular flexibility index (Phi) is 10.2. The molecule has 0 fully saturated rings. The molecule has 1 amide bonds. The molecular formula is C16H21Cl2N3O. The van der Waals surface area contributed by atoms with Crippen LogP contribution in [0, 0.1) is 0 Å². The van der Waals surface area contributed by atoms with Gasteiger partial charge in [0.25, 0.3) is 5.91 Å². The molecule has 0 unspecified atom stereocenters. The van der Waals surface area contributed by atoms with Gasteiger partial charge < -0.3 is 10.6 Å². The molecule has 0 aliphatic rings. The summed E-state index contributed by atoms with van der Waals surface area (Å²) < 4.78 is 0. The highest BCUT2D eigenvalue weighted by Gasteiger charge is 2.14. The Balaban J connectivity index is 0.00000220. The molecule has 2 aromatic rings. The van der Waals surface area contributed by atoms with Crippen LogP contribution in [0.15, 0.2) is 54.9 Å². The number of benzene rings is 1. The summed E-state index contributed by atoms with van der Waals surface area (Å²) in [6.45, 7) is 1.68. The van der Waals surface area contributed by atoms with Gasteiger partial charge in [0.2, 0.25) is 0 Å². The number of carbonyl (C=O) groups excluding carboxylic acids is 1. The molecule has 2 N–H and O–H groups in total. The molecule has 0 atom stereocenters. The second kappa shape index (κ2) is 11.0. The number of halogens is 2. The second-order valence-corrected chi connectivity index (χ2v) is 4.56. The largest absolute Gasteiger partial charge is 0.337 e. The Morgan fingerprint density at radius 2 is 1.77 bits per heavy atom. The van der Waals surface area contributed by atoms with Crippen molar-refractivity contribution in [3.05, 3.63) is 66.0 Å². The Morgan fingerprint density at radius 1 is 1.05 bits per heavy atom. The van der Waals surface area contributed by atoms with Crippen LogP contribution in [0.1, 0.15) is 15.9 Å². The van der Waals surface area contributed by atoms with E-state index in [1.165, 1.54) is 5.56 Å². The molecule has 0 bridgehead atoms. The predicted octanol–water partition coefficient (Wildman–Crippen LogP) is 2.57. The first-order valence-electron chi connectivity index (χ1n) is 6.74. The van der Waals surface area contributed by atoms with Gasteiger partial charge in [0.15, 0.2) is 0 Å². The van der Waals surface area contributed by atoms with Gasteiger partial charge in [-0.1, -0.05) is 30.3 Å². The van der Waals surface area contributed by atoms with Crippen LogP contribution < -0.4 is 5.73 Å². The van der Waals surface area contributed by atoms with Crippen molar-refractivity contribution in [3.63, 3.8) is 0 Å². The minimum Gasteiger partial charge on any atom is -0.337 e. The number of hydrogen-bond acceptors (Lipinski definition) is 3. The lowest BCUT2D eigenvalue weighted by atomic mass is 10.1. The van der Waals surface area contributed by atoms with Gasteiger partial charge in [0.05, 0.1) is 5.56 Å². The SMILES string of the molecule is Cl.Cl.NCCN(CCc1ccccc1)C(=O)c1cccnc1. The van der Waals surface area contributed by atoms with Crippen molar-refractivity contribution in [1.82, 2.24) is 9.88 Å². The summed E-state index contributed by atoms with van der Waals surface area (Å²) >= 11 is 0. The minimum atomic E-state index is -0.0144. The first kappa shape index (κ1) is 20.4. The third kappa shape index (κ3) is 6.02. The van der Waals surface area contributed by atoms with Crippen molar-refractivity contribution >= 4 is 30.7 Å². The van der Waals surface area contributed by atoms with Gasteiger partial charge in [-0.3, -0.25) is 9.78 Å². The zero-order valence-electron chi connectivity index (χ0n) is 12.2. The molecule has 22 heavy (non-hydrogen) atoms. The molecule has 0 spiro atoms. The van der Waals surface area contributed by atoms with Gasteiger partial charge in [-0.05, 0) is 24.1 Å². The Morgan fingerprint density at radius 3 is 2.36 bits per heavy atom. The number of carbonyl (C=O) groups is 1. The molecule has 4 nitrogen and oxygen atoms in total. The highest BCUT2D eigenvalue weighted by atomic mass is 35.5. The van der Waals surface area contributed by atoms with Crippen LogP contribution in [-0.2, 0) is 6.42 Å². The predicted molar refractivity (Wildman–Crippen MR) is 93.8 cm³/mol. The summed E-state index contributed by atoms with van der Waals surface area (Å²) in [6, 6.07) is 13.7. The first-order valence-corrected chi connectivity index (χ1v) is 6.74. The highest BCUT2D eigenvalue weighted by Crippen LogP contribution is 2.06. The van der Waals surface area contributed by atoms with E-state index in [9.17, 15) is 4.79 Å². The quantitative estimate of drug-likeness (QED) is 0.878. The molecule has 0 aliphatic heterocycles. The van der Waals surface area contributed by atoms with Gasteiger partial charge >= 0.3 is 0 Å². The topological polar surface area (TPSA) is 59.2 Å². The zero-order valence-corrected chi connectivity index (χ0v) is 13.9. The molecule has 1 aromatic carbocycles. The molecule has 1 aromatic heterocycles. The summed E-state index contributed by atoms with van der Waals surface area (Å²) in [5.41, 5.74) is 7.43. The maximum Gasteiger partial charge on any atom is 0.255 e. The van der Waals surface area contributed by atoms with Crippen LogP contribution in [0.3, 0.4) is 0 Å². The first-order chi connectivity index (χ1) is 9.81. The van der Waals surface area contributed by atoms with Gasteiger partial charge in [-0.15, -0.1) is 24.8 Å². The number of aromatic nitrogens is 1. The van der Waals surface area contributed by atoms with E-state index in [-0.39, 0.29) is 30.7 Å². The lowest BCUT2D eigenvalue weighted by molar-refractivity contribution is 0.0761. The lowest BCUT2D eigenvalue weighted by Crippen LogP contribution is -2.37. The summed E-state index contributed by atoms with van der Waals surface area (Å²) in [7, 11) is 0. The summed E-state index contributed by atoms with van der Waals surface area (Å²) in [6.07, 6.45) is 4.08. The highest BCUT2D eigenvalue weighted by molar-refractivity contribution is 5.93. The van der Waals surface area contributed by atoms with Gasteiger partial charge in [0.1, 0.15) is 0 Å². The van der Waals surface area contributed by atoms with Crippen molar-refractivity contribution in [2.75, 3.05) is 19.6 Å². The summed E-state index contributed by atoms with van der Waals surface area (Å²) in [5, 5.41) is 0. The smallest absolute Gasteiger partial charge is 0.255 e. The summed E-state index contributed by atoms with van der Waals surface area (Å²) in [5.74, 6) is -0.0144. The fraction of sp³-hybridized carbons (Fsp3) is 0.250. The van der Waals surface area contributed by atoms with Gasteiger partial charge in [-0.2, -0.15) is 0 Å². The standard InChI is InChI=1S/C16H19N3O.2ClH/c17-9-12-19(11-8-14-5-2-1-3-6-14)16(20)15-7-4-10-18-13-15;;/h1-7,10,13H,8-9,11-12,17H2;2*1H.